The number of hydrogen-bond donors (Lipinski definition) is 2. The molecule has 2 atom stereocenters. The topological polar surface area (TPSA) is 66.1 Å². The third-order valence-electron chi connectivity index (χ3n) is 5.80. The van der Waals surface area contributed by atoms with E-state index in [1.807, 2.05) is 47.4 Å². The molecule has 1 amide bonds. The summed E-state index contributed by atoms with van der Waals surface area (Å²) in [5.41, 5.74) is 8.57. The number of methoxy groups -OCH3 is 2. The number of hydrogen-bond acceptors (Lipinski definition) is 6. The van der Waals surface area contributed by atoms with Crippen molar-refractivity contribution in [2.45, 2.75) is 18.5 Å². The number of nitrogens with zero attached hydrogens (tertiary/aromatic N) is 2. The second-order valence-corrected chi connectivity index (χ2v) is 7.96. The van der Waals surface area contributed by atoms with E-state index in [4.69, 9.17) is 21.1 Å². The van der Waals surface area contributed by atoms with Crippen LogP contribution in [0.3, 0.4) is 0 Å². The fourth-order valence-electron chi connectivity index (χ4n) is 4.09. The van der Waals surface area contributed by atoms with Crippen molar-refractivity contribution in [1.29, 1.82) is 0 Å². The van der Waals surface area contributed by atoms with Gasteiger partial charge < -0.3 is 19.3 Å². The van der Waals surface area contributed by atoms with Crippen LogP contribution in [0.15, 0.2) is 42.5 Å². The van der Waals surface area contributed by atoms with E-state index in [0.717, 1.165) is 40.9 Å². The molecule has 2 N–H and O–H groups in total. The van der Waals surface area contributed by atoms with Crippen LogP contribution in [0, 0.1) is 0 Å². The molecule has 0 bridgehead atoms. The third-order valence-corrected chi connectivity index (χ3v) is 6.05. The number of benzene rings is 2. The average molecular weight is 431 g/mol. The van der Waals surface area contributed by atoms with Crippen LogP contribution in [0.25, 0.3) is 0 Å². The Labute approximate surface area is 181 Å². The van der Waals surface area contributed by atoms with Crippen molar-refractivity contribution in [3.63, 3.8) is 0 Å². The molecule has 2 heterocycles. The Hall–Kier alpha value is -2.48. The number of carbonyl (C=O) groups excluding carboxylic acids is 1. The molecule has 160 valence electrons. The van der Waals surface area contributed by atoms with Crippen molar-refractivity contribution < 1.29 is 14.3 Å². The van der Waals surface area contributed by atoms with Crippen molar-refractivity contribution in [2.24, 2.45) is 0 Å². The molecule has 7 nitrogen and oxygen atoms in total. The average Bonchev–Trinajstić information content (AvgIpc) is 3.29. The first-order valence-electron chi connectivity index (χ1n) is 10.1. The fraction of sp³-hybridized carbons (Fsp3) is 0.409. The Balaban J connectivity index is 1.35. The number of piperazine rings is 1. The number of carbonyl (C=O) groups is 1. The lowest BCUT2D eigenvalue weighted by Crippen LogP contribution is -2.53. The van der Waals surface area contributed by atoms with Crippen LogP contribution >= 0.6 is 11.6 Å². The number of nitrogens with one attached hydrogen (secondary N) is 2. The summed E-state index contributed by atoms with van der Waals surface area (Å²) in [6, 6.07) is 13.3. The minimum atomic E-state index is -0.260. The van der Waals surface area contributed by atoms with E-state index in [1.165, 1.54) is 0 Å². The molecule has 2 saturated heterocycles. The van der Waals surface area contributed by atoms with Crippen LogP contribution in [0.4, 0.5) is 5.69 Å². The lowest BCUT2D eigenvalue weighted by Gasteiger charge is -2.37. The molecule has 2 aliphatic heterocycles. The summed E-state index contributed by atoms with van der Waals surface area (Å²) >= 11 is 5.98. The Kier molecular flexibility index (Phi) is 6.32. The zero-order valence-corrected chi connectivity index (χ0v) is 18.0. The number of rotatable bonds is 5. The molecular weight excluding hydrogens is 404 g/mol. The van der Waals surface area contributed by atoms with E-state index in [0.29, 0.717) is 19.5 Å². The summed E-state index contributed by atoms with van der Waals surface area (Å²) in [5, 5.41) is 0.732. The van der Waals surface area contributed by atoms with Gasteiger partial charge in [0.15, 0.2) is 0 Å². The predicted octanol–water partition coefficient (Wildman–Crippen LogP) is 2.61. The van der Waals surface area contributed by atoms with Crippen molar-refractivity contribution in [1.82, 2.24) is 15.8 Å². The number of ether oxygens (including phenoxy) is 2. The molecule has 0 aliphatic carbocycles. The van der Waals surface area contributed by atoms with Crippen molar-refractivity contribution in [3.05, 3.63) is 53.1 Å². The number of hydrazine groups is 1. The fourth-order valence-corrected chi connectivity index (χ4v) is 4.21. The van der Waals surface area contributed by atoms with Gasteiger partial charge in [0.1, 0.15) is 17.5 Å². The summed E-state index contributed by atoms with van der Waals surface area (Å²) in [6.45, 7) is 3.03. The second kappa shape index (κ2) is 9.12. The molecule has 2 aromatic rings. The molecule has 0 spiro atoms. The molecule has 0 aromatic heterocycles. The highest BCUT2D eigenvalue weighted by atomic mass is 35.5. The molecule has 0 saturated carbocycles. The predicted molar refractivity (Wildman–Crippen MR) is 117 cm³/mol. The van der Waals surface area contributed by atoms with Gasteiger partial charge in [-0.05, 0) is 36.8 Å². The SMILES string of the molecule is COc1ccc(C2CC(C(=O)N3CCN(c4ccc(Cl)cc4)CC3)NN2)c(OC)c1. The molecule has 0 radical (unpaired) electrons. The smallest absolute Gasteiger partial charge is 0.241 e. The van der Waals surface area contributed by atoms with Crippen molar-refractivity contribution in [3.8, 4) is 11.5 Å². The van der Waals surface area contributed by atoms with Crippen LogP contribution in [-0.4, -0.2) is 57.2 Å². The summed E-state index contributed by atoms with van der Waals surface area (Å²) < 4.78 is 10.8. The first-order valence-corrected chi connectivity index (χ1v) is 10.5. The zero-order chi connectivity index (χ0) is 21.1. The van der Waals surface area contributed by atoms with Gasteiger partial charge in [-0.25, -0.2) is 10.9 Å². The van der Waals surface area contributed by atoms with Gasteiger partial charge in [0, 0.05) is 48.5 Å². The quantitative estimate of drug-likeness (QED) is 0.760. The Morgan fingerprint density at radius 2 is 1.73 bits per heavy atom. The van der Waals surface area contributed by atoms with Gasteiger partial charge in [0.2, 0.25) is 5.91 Å². The number of anilines is 1. The minimum absolute atomic E-state index is 0.00448. The standard InChI is InChI=1S/C22H27ClN4O3/c1-29-17-7-8-18(21(13-17)30-2)19-14-20(25-24-19)22(28)27-11-9-26(10-12-27)16-5-3-15(23)4-6-16/h3-8,13,19-20,24-25H,9-12,14H2,1-2H3. The van der Waals surface area contributed by atoms with E-state index >= 15 is 0 Å². The third kappa shape index (κ3) is 4.33. The molecule has 2 aromatic carbocycles. The van der Waals surface area contributed by atoms with Gasteiger partial charge in [-0.2, -0.15) is 0 Å². The number of halogens is 1. The maximum absolute atomic E-state index is 13.1. The maximum Gasteiger partial charge on any atom is 0.241 e. The summed E-state index contributed by atoms with van der Waals surface area (Å²) in [7, 11) is 3.27. The van der Waals surface area contributed by atoms with Crippen molar-refractivity contribution in [2.75, 3.05) is 45.3 Å². The lowest BCUT2D eigenvalue weighted by atomic mass is 10.00. The summed E-state index contributed by atoms with van der Waals surface area (Å²) in [5.74, 6) is 1.62. The monoisotopic (exact) mass is 430 g/mol. The van der Waals surface area contributed by atoms with Crippen LogP contribution in [0.1, 0.15) is 18.0 Å². The summed E-state index contributed by atoms with van der Waals surface area (Å²) in [4.78, 5) is 17.3. The van der Waals surface area contributed by atoms with Crippen LogP contribution in [0.2, 0.25) is 5.02 Å². The van der Waals surface area contributed by atoms with Gasteiger partial charge in [-0.15, -0.1) is 0 Å². The van der Waals surface area contributed by atoms with Gasteiger partial charge in [-0.1, -0.05) is 17.7 Å². The molecule has 4 rings (SSSR count). The van der Waals surface area contributed by atoms with E-state index in [-0.39, 0.29) is 18.0 Å². The van der Waals surface area contributed by atoms with E-state index < -0.39 is 0 Å². The highest BCUT2D eigenvalue weighted by Crippen LogP contribution is 2.33. The highest BCUT2D eigenvalue weighted by molar-refractivity contribution is 6.30. The normalized spacial score (nSPS) is 21.6. The second-order valence-electron chi connectivity index (χ2n) is 7.53. The first-order chi connectivity index (χ1) is 14.6. The van der Waals surface area contributed by atoms with E-state index in [2.05, 4.69) is 15.8 Å². The molecule has 2 aliphatic rings. The molecular formula is C22H27ClN4O3. The van der Waals surface area contributed by atoms with Gasteiger partial charge in [0.05, 0.1) is 20.3 Å². The van der Waals surface area contributed by atoms with Gasteiger partial charge >= 0.3 is 0 Å². The van der Waals surface area contributed by atoms with Gasteiger partial charge in [-0.3, -0.25) is 4.79 Å². The Bertz CT molecular complexity index is 884. The lowest BCUT2D eigenvalue weighted by molar-refractivity contribution is -0.133. The molecule has 8 heteroatoms. The Morgan fingerprint density at radius 3 is 2.40 bits per heavy atom. The highest BCUT2D eigenvalue weighted by Gasteiger charge is 2.35. The van der Waals surface area contributed by atoms with E-state index in [9.17, 15) is 4.79 Å². The Morgan fingerprint density at radius 1 is 1.00 bits per heavy atom. The first kappa shape index (κ1) is 20.8. The molecule has 2 unspecified atom stereocenters. The van der Waals surface area contributed by atoms with Crippen molar-refractivity contribution >= 4 is 23.2 Å². The van der Waals surface area contributed by atoms with Crippen LogP contribution in [-0.2, 0) is 4.79 Å². The van der Waals surface area contributed by atoms with Gasteiger partial charge in [0.25, 0.3) is 0 Å². The minimum Gasteiger partial charge on any atom is -0.497 e. The molecule has 2 fully saturated rings. The zero-order valence-electron chi connectivity index (χ0n) is 17.2. The largest absolute Gasteiger partial charge is 0.497 e. The van der Waals surface area contributed by atoms with E-state index in [1.54, 1.807) is 14.2 Å². The maximum atomic E-state index is 13.1. The number of amides is 1. The molecule has 30 heavy (non-hydrogen) atoms. The summed E-state index contributed by atoms with van der Waals surface area (Å²) in [6.07, 6.45) is 0.666. The van der Waals surface area contributed by atoms with Crippen LogP contribution < -0.4 is 25.2 Å². The van der Waals surface area contributed by atoms with Crippen LogP contribution in [0.5, 0.6) is 11.5 Å².